The van der Waals surface area contributed by atoms with Gasteiger partial charge in [0.15, 0.2) is 0 Å². The SMILES string of the molecule is C=CCC1CCC(C(=O)Oc2ccc(C=CC(=O)OCC(C)(C)c3ccc(N)cc3N)cc2)CC1. The van der Waals surface area contributed by atoms with E-state index < -0.39 is 11.4 Å². The number of allylic oxidation sites excluding steroid dienone is 1. The Morgan fingerprint density at radius 3 is 2.37 bits per heavy atom. The average molecular weight is 477 g/mol. The van der Waals surface area contributed by atoms with Gasteiger partial charge < -0.3 is 20.9 Å². The lowest BCUT2D eigenvalue weighted by molar-refractivity contribution is -0.140. The first-order valence-corrected chi connectivity index (χ1v) is 12.1. The van der Waals surface area contributed by atoms with Crippen molar-refractivity contribution < 1.29 is 19.1 Å². The molecule has 0 aromatic heterocycles. The zero-order valence-electron chi connectivity index (χ0n) is 20.7. The second-order valence-electron chi connectivity index (χ2n) is 9.90. The summed E-state index contributed by atoms with van der Waals surface area (Å²) in [6.45, 7) is 7.89. The number of nitrogens with two attached hydrogens (primary N) is 2. The normalized spacial score (nSPS) is 18.2. The molecular formula is C29H36N2O4. The Hall–Kier alpha value is -3.54. The van der Waals surface area contributed by atoms with E-state index in [9.17, 15) is 9.59 Å². The van der Waals surface area contributed by atoms with Gasteiger partial charge in [-0.1, -0.05) is 38.1 Å². The van der Waals surface area contributed by atoms with Crippen molar-refractivity contribution in [3.63, 3.8) is 0 Å². The highest BCUT2D eigenvalue weighted by atomic mass is 16.5. The van der Waals surface area contributed by atoms with Crippen LogP contribution in [0.15, 0.2) is 61.2 Å². The maximum absolute atomic E-state index is 12.5. The van der Waals surface area contributed by atoms with Crippen LogP contribution in [0.1, 0.15) is 57.1 Å². The second kappa shape index (κ2) is 11.7. The van der Waals surface area contributed by atoms with E-state index >= 15 is 0 Å². The quantitative estimate of drug-likeness (QED) is 0.159. The van der Waals surface area contributed by atoms with Crippen LogP contribution in [-0.4, -0.2) is 18.5 Å². The fourth-order valence-electron chi connectivity index (χ4n) is 4.46. The van der Waals surface area contributed by atoms with Crippen molar-refractivity contribution in [3.8, 4) is 5.75 Å². The monoisotopic (exact) mass is 476 g/mol. The molecule has 1 fully saturated rings. The molecule has 2 aromatic rings. The van der Waals surface area contributed by atoms with E-state index in [4.69, 9.17) is 20.9 Å². The minimum atomic E-state index is -0.461. The van der Waals surface area contributed by atoms with Gasteiger partial charge >= 0.3 is 11.9 Å². The third-order valence-corrected chi connectivity index (χ3v) is 6.57. The summed E-state index contributed by atoms with van der Waals surface area (Å²) in [7, 11) is 0. The number of benzene rings is 2. The Kier molecular flexibility index (Phi) is 8.74. The van der Waals surface area contributed by atoms with Crippen LogP contribution in [0.3, 0.4) is 0 Å². The maximum atomic E-state index is 12.5. The zero-order chi connectivity index (χ0) is 25.4. The van der Waals surface area contributed by atoms with E-state index in [1.807, 2.05) is 26.0 Å². The summed E-state index contributed by atoms with van der Waals surface area (Å²) in [6, 6.07) is 12.4. The van der Waals surface area contributed by atoms with E-state index in [1.54, 1.807) is 42.5 Å². The van der Waals surface area contributed by atoms with Crippen LogP contribution in [0.5, 0.6) is 5.75 Å². The molecule has 0 atom stereocenters. The first-order valence-electron chi connectivity index (χ1n) is 12.1. The van der Waals surface area contributed by atoms with Crippen molar-refractivity contribution in [2.24, 2.45) is 11.8 Å². The summed E-state index contributed by atoms with van der Waals surface area (Å²) in [5.41, 5.74) is 14.2. The number of carbonyl (C=O) groups is 2. The van der Waals surface area contributed by atoms with E-state index in [2.05, 4.69) is 6.58 Å². The molecule has 1 aliphatic carbocycles. The van der Waals surface area contributed by atoms with Crippen molar-refractivity contribution in [1.29, 1.82) is 0 Å². The number of hydrogen-bond acceptors (Lipinski definition) is 6. The molecule has 0 heterocycles. The highest BCUT2D eigenvalue weighted by molar-refractivity contribution is 5.87. The van der Waals surface area contributed by atoms with Crippen LogP contribution >= 0.6 is 0 Å². The summed E-state index contributed by atoms with van der Waals surface area (Å²) < 4.78 is 11.0. The molecule has 0 amide bonds. The number of hydrogen-bond donors (Lipinski definition) is 2. The van der Waals surface area contributed by atoms with Crippen LogP contribution in [0.25, 0.3) is 6.08 Å². The standard InChI is InChI=1S/C29H36N2O4/c1-4-5-20-6-11-22(12-7-20)28(33)35-24-14-8-21(9-15-24)10-17-27(32)34-19-29(2,3)25-16-13-23(30)18-26(25)31/h4,8-10,13-18,20,22H,1,5-7,11-12,19,30-31H2,2-3H3. The summed E-state index contributed by atoms with van der Waals surface area (Å²) in [4.78, 5) is 24.7. The lowest BCUT2D eigenvalue weighted by Gasteiger charge is -2.26. The molecule has 2 aromatic carbocycles. The van der Waals surface area contributed by atoms with Crippen LogP contribution in [0.2, 0.25) is 0 Å². The average Bonchev–Trinajstić information content (AvgIpc) is 2.83. The first-order chi connectivity index (χ1) is 16.7. The Morgan fingerprint density at radius 2 is 1.74 bits per heavy atom. The molecule has 4 N–H and O–H groups in total. The van der Waals surface area contributed by atoms with Gasteiger partial charge in [0.1, 0.15) is 12.4 Å². The lowest BCUT2D eigenvalue weighted by atomic mass is 9.80. The lowest BCUT2D eigenvalue weighted by Crippen LogP contribution is -2.27. The van der Waals surface area contributed by atoms with Crippen molar-refractivity contribution >= 4 is 29.4 Å². The molecule has 35 heavy (non-hydrogen) atoms. The Labute approximate surface area is 208 Å². The molecule has 0 saturated heterocycles. The minimum Gasteiger partial charge on any atom is -0.462 e. The second-order valence-corrected chi connectivity index (χ2v) is 9.90. The van der Waals surface area contributed by atoms with Gasteiger partial charge in [0.2, 0.25) is 0 Å². The molecule has 1 saturated carbocycles. The molecule has 0 radical (unpaired) electrons. The van der Waals surface area contributed by atoms with Gasteiger partial charge in [-0.05, 0) is 79.5 Å². The summed E-state index contributed by atoms with van der Waals surface area (Å²) in [5, 5.41) is 0. The van der Waals surface area contributed by atoms with Gasteiger partial charge in [0.25, 0.3) is 0 Å². The van der Waals surface area contributed by atoms with E-state index in [0.717, 1.165) is 43.2 Å². The Bertz CT molecular complexity index is 1060. The predicted molar refractivity (Wildman–Crippen MR) is 141 cm³/mol. The van der Waals surface area contributed by atoms with Crippen molar-refractivity contribution in [3.05, 3.63) is 72.3 Å². The Balaban J connectivity index is 1.47. The largest absolute Gasteiger partial charge is 0.462 e. The fourth-order valence-corrected chi connectivity index (χ4v) is 4.46. The van der Waals surface area contributed by atoms with Crippen LogP contribution in [0, 0.1) is 11.8 Å². The molecule has 0 aliphatic heterocycles. The van der Waals surface area contributed by atoms with Crippen LogP contribution in [0.4, 0.5) is 11.4 Å². The van der Waals surface area contributed by atoms with Gasteiger partial charge in [-0.2, -0.15) is 0 Å². The molecular weight excluding hydrogens is 440 g/mol. The van der Waals surface area contributed by atoms with Gasteiger partial charge in [-0.15, -0.1) is 6.58 Å². The molecule has 1 aliphatic rings. The number of nitrogen functional groups attached to an aromatic ring is 2. The van der Waals surface area contributed by atoms with Gasteiger partial charge in [-0.25, -0.2) is 4.79 Å². The fraction of sp³-hybridized carbons (Fsp3) is 0.379. The smallest absolute Gasteiger partial charge is 0.330 e. The highest BCUT2D eigenvalue weighted by Gasteiger charge is 2.27. The van der Waals surface area contributed by atoms with Crippen LogP contribution < -0.4 is 16.2 Å². The topological polar surface area (TPSA) is 105 Å². The van der Waals surface area contributed by atoms with Crippen molar-refractivity contribution in [2.45, 2.75) is 51.4 Å². The van der Waals surface area contributed by atoms with Gasteiger partial charge in [0.05, 0.1) is 5.92 Å². The Morgan fingerprint density at radius 1 is 1.06 bits per heavy atom. The van der Waals surface area contributed by atoms with Crippen molar-refractivity contribution in [1.82, 2.24) is 0 Å². The number of rotatable bonds is 9. The maximum Gasteiger partial charge on any atom is 0.330 e. The first kappa shape index (κ1) is 26.1. The van der Waals surface area contributed by atoms with Crippen molar-refractivity contribution in [2.75, 3.05) is 18.1 Å². The third-order valence-electron chi connectivity index (χ3n) is 6.57. The van der Waals surface area contributed by atoms with Gasteiger partial charge in [-0.3, -0.25) is 4.79 Å². The van der Waals surface area contributed by atoms with Crippen LogP contribution in [-0.2, 0) is 19.7 Å². The summed E-state index contributed by atoms with van der Waals surface area (Å²) in [5.74, 6) is 0.480. The zero-order valence-corrected chi connectivity index (χ0v) is 20.7. The summed E-state index contributed by atoms with van der Waals surface area (Å²) in [6.07, 6.45) is 9.82. The number of carbonyl (C=O) groups excluding carboxylic acids is 2. The molecule has 0 unspecified atom stereocenters. The molecule has 186 valence electrons. The van der Waals surface area contributed by atoms with Gasteiger partial charge in [0, 0.05) is 22.9 Å². The molecule has 0 spiro atoms. The van der Waals surface area contributed by atoms with E-state index in [1.165, 1.54) is 6.08 Å². The molecule has 6 nitrogen and oxygen atoms in total. The molecule has 3 rings (SSSR count). The van der Waals surface area contributed by atoms with E-state index in [0.29, 0.717) is 23.0 Å². The van der Waals surface area contributed by atoms with E-state index in [-0.39, 0.29) is 18.5 Å². The number of anilines is 2. The molecule has 6 heteroatoms. The number of ether oxygens (including phenoxy) is 2. The minimum absolute atomic E-state index is 0.0433. The third kappa shape index (κ3) is 7.47. The highest BCUT2D eigenvalue weighted by Crippen LogP contribution is 2.32. The molecule has 0 bridgehead atoms. The summed E-state index contributed by atoms with van der Waals surface area (Å²) >= 11 is 0. The number of esters is 2. The predicted octanol–water partition coefficient (Wildman–Crippen LogP) is 5.67.